The predicted molar refractivity (Wildman–Crippen MR) is 82.4 cm³/mol. The molecule has 1 aromatic rings. The monoisotopic (exact) mass is 262 g/mol. The fourth-order valence-corrected chi connectivity index (χ4v) is 2.67. The van der Waals surface area contributed by atoms with Gasteiger partial charge in [0.05, 0.1) is 4.99 Å². The lowest BCUT2D eigenvalue weighted by Crippen LogP contribution is -2.48. The number of hydrogen-bond acceptors (Lipinski definition) is 2. The van der Waals surface area contributed by atoms with Crippen LogP contribution in [0.1, 0.15) is 26.2 Å². The topological polar surface area (TPSA) is 6.48 Å². The first-order chi connectivity index (χ1) is 8.81. The molecule has 1 heterocycles. The van der Waals surface area contributed by atoms with Crippen molar-refractivity contribution in [3.63, 3.8) is 0 Å². The Morgan fingerprint density at radius 3 is 2.39 bits per heavy atom. The van der Waals surface area contributed by atoms with Crippen LogP contribution in [0.15, 0.2) is 30.3 Å². The number of unbranched alkanes of at least 4 members (excludes halogenated alkanes) is 1. The summed E-state index contributed by atoms with van der Waals surface area (Å²) in [6, 6.07) is 10.6. The lowest BCUT2D eigenvalue weighted by Gasteiger charge is -2.37. The van der Waals surface area contributed by atoms with Gasteiger partial charge in [0.15, 0.2) is 0 Å². The van der Waals surface area contributed by atoms with Crippen molar-refractivity contribution in [3.8, 4) is 0 Å². The van der Waals surface area contributed by atoms with Crippen LogP contribution in [0, 0.1) is 0 Å². The first-order valence-electron chi connectivity index (χ1n) is 6.89. The second kappa shape index (κ2) is 6.74. The first kappa shape index (κ1) is 13.3. The fraction of sp³-hybridized carbons (Fsp3) is 0.533. The van der Waals surface area contributed by atoms with Crippen LogP contribution in [-0.4, -0.2) is 36.1 Å². The van der Waals surface area contributed by atoms with Gasteiger partial charge in [-0.2, -0.15) is 0 Å². The number of benzene rings is 1. The Morgan fingerprint density at radius 1 is 1.11 bits per heavy atom. The van der Waals surface area contributed by atoms with Gasteiger partial charge in [0, 0.05) is 31.9 Å². The van der Waals surface area contributed by atoms with Gasteiger partial charge in [-0.05, 0) is 25.0 Å². The highest BCUT2D eigenvalue weighted by Gasteiger charge is 2.18. The van der Waals surface area contributed by atoms with Crippen molar-refractivity contribution in [3.05, 3.63) is 30.3 Å². The second-order valence-corrected chi connectivity index (χ2v) is 5.28. The Bertz CT molecular complexity index is 369. The number of piperazine rings is 1. The van der Waals surface area contributed by atoms with Gasteiger partial charge in [0.2, 0.25) is 0 Å². The summed E-state index contributed by atoms with van der Waals surface area (Å²) >= 11 is 5.50. The average Bonchev–Trinajstić information content (AvgIpc) is 2.46. The van der Waals surface area contributed by atoms with Crippen LogP contribution in [0.25, 0.3) is 0 Å². The summed E-state index contributed by atoms with van der Waals surface area (Å²) in [6.07, 6.45) is 3.53. The van der Waals surface area contributed by atoms with E-state index in [1.54, 1.807) is 0 Å². The maximum absolute atomic E-state index is 5.50. The number of anilines is 1. The number of rotatable bonds is 4. The zero-order valence-electron chi connectivity index (χ0n) is 11.1. The van der Waals surface area contributed by atoms with Crippen LogP contribution < -0.4 is 4.90 Å². The van der Waals surface area contributed by atoms with Crippen LogP contribution >= 0.6 is 12.2 Å². The molecule has 0 bridgehead atoms. The highest BCUT2D eigenvalue weighted by Crippen LogP contribution is 2.16. The summed E-state index contributed by atoms with van der Waals surface area (Å²) in [7, 11) is 0. The molecule has 1 saturated heterocycles. The second-order valence-electron chi connectivity index (χ2n) is 4.81. The van der Waals surface area contributed by atoms with Gasteiger partial charge in [0.1, 0.15) is 0 Å². The third-order valence-electron chi connectivity index (χ3n) is 3.50. The van der Waals surface area contributed by atoms with E-state index in [-0.39, 0.29) is 0 Å². The summed E-state index contributed by atoms with van der Waals surface area (Å²) in [4.78, 5) is 5.98. The molecule has 18 heavy (non-hydrogen) atoms. The molecular weight excluding hydrogens is 240 g/mol. The van der Waals surface area contributed by atoms with Crippen molar-refractivity contribution in [1.82, 2.24) is 4.90 Å². The Kier molecular flexibility index (Phi) is 5.00. The molecule has 1 aliphatic heterocycles. The lowest BCUT2D eigenvalue weighted by atomic mass is 10.2. The average molecular weight is 262 g/mol. The molecule has 0 saturated carbocycles. The van der Waals surface area contributed by atoms with Crippen molar-refractivity contribution < 1.29 is 0 Å². The summed E-state index contributed by atoms with van der Waals surface area (Å²) in [6.45, 7) is 6.51. The molecule has 0 radical (unpaired) electrons. The number of thiocarbonyl (C=S) groups is 1. The van der Waals surface area contributed by atoms with Gasteiger partial charge in [-0.25, -0.2) is 0 Å². The van der Waals surface area contributed by atoms with Crippen LogP contribution in [-0.2, 0) is 0 Å². The Balaban J connectivity index is 1.83. The summed E-state index contributed by atoms with van der Waals surface area (Å²) in [5.41, 5.74) is 1.33. The highest BCUT2D eigenvalue weighted by molar-refractivity contribution is 7.80. The SMILES string of the molecule is CCCCC(=S)N1CCN(c2ccccc2)CC1. The van der Waals surface area contributed by atoms with E-state index in [1.807, 2.05) is 0 Å². The molecular formula is C15H22N2S. The Hall–Kier alpha value is -1.09. The van der Waals surface area contributed by atoms with E-state index in [1.165, 1.54) is 18.5 Å². The number of hydrogen-bond donors (Lipinski definition) is 0. The first-order valence-corrected chi connectivity index (χ1v) is 7.30. The lowest BCUT2D eigenvalue weighted by molar-refractivity contribution is 0.384. The molecule has 1 aromatic carbocycles. The zero-order valence-corrected chi connectivity index (χ0v) is 12.0. The molecule has 1 fully saturated rings. The van der Waals surface area contributed by atoms with E-state index in [0.29, 0.717) is 0 Å². The van der Waals surface area contributed by atoms with Gasteiger partial charge in [-0.15, -0.1) is 0 Å². The minimum Gasteiger partial charge on any atom is -0.368 e. The molecule has 2 nitrogen and oxygen atoms in total. The predicted octanol–water partition coefficient (Wildman–Crippen LogP) is 3.33. The van der Waals surface area contributed by atoms with Crippen LogP contribution in [0.5, 0.6) is 0 Å². The van der Waals surface area contributed by atoms with Crippen LogP contribution in [0.4, 0.5) is 5.69 Å². The van der Waals surface area contributed by atoms with Gasteiger partial charge < -0.3 is 9.80 Å². The van der Waals surface area contributed by atoms with Gasteiger partial charge in [-0.3, -0.25) is 0 Å². The van der Waals surface area contributed by atoms with Crippen molar-refractivity contribution in [1.29, 1.82) is 0 Å². The molecule has 0 amide bonds. The molecule has 2 rings (SSSR count). The third-order valence-corrected chi connectivity index (χ3v) is 3.96. The summed E-state index contributed by atoms with van der Waals surface area (Å²) in [5, 5.41) is 0. The molecule has 0 atom stereocenters. The quantitative estimate of drug-likeness (QED) is 0.769. The Labute approximate surface area is 116 Å². The molecule has 98 valence electrons. The zero-order chi connectivity index (χ0) is 12.8. The molecule has 1 aliphatic rings. The molecule has 0 unspecified atom stereocenters. The van der Waals surface area contributed by atoms with Crippen molar-refractivity contribution in [2.75, 3.05) is 31.1 Å². The summed E-state index contributed by atoms with van der Waals surface area (Å²) in [5.74, 6) is 0. The highest BCUT2D eigenvalue weighted by atomic mass is 32.1. The normalized spacial score (nSPS) is 15.8. The van der Waals surface area contributed by atoms with E-state index >= 15 is 0 Å². The van der Waals surface area contributed by atoms with Crippen LogP contribution in [0.3, 0.4) is 0 Å². The smallest absolute Gasteiger partial charge is 0.0780 e. The van der Waals surface area contributed by atoms with Crippen molar-refractivity contribution in [2.45, 2.75) is 26.2 Å². The molecule has 3 heteroatoms. The van der Waals surface area contributed by atoms with Gasteiger partial charge >= 0.3 is 0 Å². The number of nitrogens with zero attached hydrogens (tertiary/aromatic N) is 2. The largest absolute Gasteiger partial charge is 0.368 e. The van der Waals surface area contributed by atoms with E-state index in [4.69, 9.17) is 12.2 Å². The molecule has 0 spiro atoms. The van der Waals surface area contributed by atoms with E-state index < -0.39 is 0 Å². The van der Waals surface area contributed by atoms with Crippen molar-refractivity contribution >= 4 is 22.9 Å². The standard InChI is InChI=1S/C15H22N2S/c1-2-3-9-15(18)17-12-10-16(11-13-17)14-7-5-4-6-8-14/h4-8H,2-3,9-13H2,1H3. The van der Waals surface area contributed by atoms with E-state index in [9.17, 15) is 0 Å². The minimum atomic E-state index is 1.07. The van der Waals surface area contributed by atoms with Crippen molar-refractivity contribution in [2.24, 2.45) is 0 Å². The third kappa shape index (κ3) is 3.45. The molecule has 0 aliphatic carbocycles. The number of para-hydroxylation sites is 1. The van der Waals surface area contributed by atoms with Gasteiger partial charge in [0.25, 0.3) is 0 Å². The molecule has 0 aromatic heterocycles. The Morgan fingerprint density at radius 2 is 1.78 bits per heavy atom. The maximum Gasteiger partial charge on any atom is 0.0780 e. The minimum absolute atomic E-state index is 1.07. The fourth-order valence-electron chi connectivity index (χ4n) is 2.34. The summed E-state index contributed by atoms with van der Waals surface area (Å²) < 4.78 is 0. The maximum atomic E-state index is 5.50. The van der Waals surface area contributed by atoms with Gasteiger partial charge in [-0.1, -0.05) is 43.8 Å². The van der Waals surface area contributed by atoms with E-state index in [0.717, 1.165) is 37.6 Å². The molecule has 0 N–H and O–H groups in total. The van der Waals surface area contributed by atoms with E-state index in [2.05, 4.69) is 47.1 Å². The van der Waals surface area contributed by atoms with Crippen LogP contribution in [0.2, 0.25) is 0 Å².